The molecule has 0 saturated carbocycles. The molecule has 0 unspecified atom stereocenters. The third kappa shape index (κ3) is 2.00. The van der Waals surface area contributed by atoms with Gasteiger partial charge in [-0.3, -0.25) is 14.8 Å². The Morgan fingerprint density at radius 2 is 1.67 bits per heavy atom. The Morgan fingerprint density at radius 1 is 1.00 bits per heavy atom. The molecule has 3 aliphatic rings. The van der Waals surface area contributed by atoms with Crippen LogP contribution in [-0.2, 0) is 11.2 Å². The van der Waals surface area contributed by atoms with E-state index in [9.17, 15) is 4.79 Å². The maximum Gasteiger partial charge on any atom is 0.228 e. The molecule has 0 fully saturated rings. The number of nitrogens with zero attached hydrogens (tertiary/aromatic N) is 2. The van der Waals surface area contributed by atoms with Crippen molar-refractivity contribution in [3.63, 3.8) is 0 Å². The van der Waals surface area contributed by atoms with Crippen LogP contribution in [0.3, 0.4) is 0 Å². The summed E-state index contributed by atoms with van der Waals surface area (Å²) < 4.78 is 0. The zero-order chi connectivity index (χ0) is 12.4. The number of para-hydroxylation sites is 1. The fourth-order valence-corrected chi connectivity index (χ4v) is 1.93. The summed E-state index contributed by atoms with van der Waals surface area (Å²) in [5.74, 6) is 0.0983. The molecule has 0 radical (unpaired) electrons. The maximum atomic E-state index is 10.8. The molecule has 0 aromatic heterocycles. The molecule has 3 heterocycles. The van der Waals surface area contributed by atoms with E-state index in [0.29, 0.717) is 6.42 Å². The lowest BCUT2D eigenvalue weighted by Crippen LogP contribution is -2.03. The number of amides is 1. The number of carbonyl (C=O) groups is 1. The number of fused-ring (bicyclic) bond motifs is 2. The van der Waals surface area contributed by atoms with E-state index in [-0.39, 0.29) is 5.91 Å². The van der Waals surface area contributed by atoms with Crippen molar-refractivity contribution in [1.29, 1.82) is 0 Å². The summed E-state index contributed by atoms with van der Waals surface area (Å²) >= 11 is 0. The van der Waals surface area contributed by atoms with Gasteiger partial charge in [0.25, 0.3) is 0 Å². The lowest BCUT2D eigenvalue weighted by Gasteiger charge is -1.93. The van der Waals surface area contributed by atoms with Gasteiger partial charge in [-0.2, -0.15) is 0 Å². The van der Waals surface area contributed by atoms with Gasteiger partial charge in [-0.05, 0) is 23.8 Å². The Hall–Kier alpha value is -2.49. The van der Waals surface area contributed by atoms with Gasteiger partial charge in [-0.1, -0.05) is 18.2 Å². The predicted octanol–water partition coefficient (Wildman–Crippen LogP) is 2.10. The minimum absolute atomic E-state index is 0.0983. The van der Waals surface area contributed by atoms with E-state index < -0.39 is 0 Å². The number of hydrogen-bond donors (Lipinski definition) is 1. The summed E-state index contributed by atoms with van der Waals surface area (Å²) in [7, 11) is 0. The van der Waals surface area contributed by atoms with Gasteiger partial charge >= 0.3 is 0 Å². The standard InChI is InChI=1S/C8H7NO.C6H4N2/c10-8-5-6-3-1-2-4-7(6)9-8;1-3-7-6-2-4-8-5(1)6/h1-4H,5H2,(H,9,10);1-4H. The second kappa shape index (κ2) is 4.41. The smallest absolute Gasteiger partial charge is 0.228 e. The van der Waals surface area contributed by atoms with E-state index in [4.69, 9.17) is 0 Å². The molecular formula is C14H11N3O. The topological polar surface area (TPSA) is 53.8 Å². The molecule has 0 aliphatic carbocycles. The highest BCUT2D eigenvalue weighted by molar-refractivity contribution is 5.98. The third-order valence-electron chi connectivity index (χ3n) is 2.80. The van der Waals surface area contributed by atoms with Gasteiger partial charge in [0.15, 0.2) is 0 Å². The van der Waals surface area contributed by atoms with Crippen LogP contribution >= 0.6 is 0 Å². The fraction of sp³-hybridized carbons (Fsp3) is 0.0714. The normalized spacial score (nSPS) is 17.4. The molecule has 0 bridgehead atoms. The minimum Gasteiger partial charge on any atom is -0.326 e. The highest BCUT2D eigenvalue weighted by atomic mass is 16.1. The van der Waals surface area contributed by atoms with Crippen molar-refractivity contribution in [2.45, 2.75) is 6.42 Å². The number of nitrogens with one attached hydrogen (secondary N) is 1. The molecule has 88 valence electrons. The summed E-state index contributed by atoms with van der Waals surface area (Å²) in [5.41, 5.74) is 4.05. The highest BCUT2D eigenvalue weighted by Gasteiger charge is 2.15. The average molecular weight is 237 g/mol. The zero-order valence-corrected chi connectivity index (χ0v) is 9.63. The summed E-state index contributed by atoms with van der Waals surface area (Å²) in [6.07, 6.45) is 7.86. The van der Waals surface area contributed by atoms with Gasteiger partial charge in [-0.25, -0.2) is 0 Å². The first kappa shape index (κ1) is 10.7. The highest BCUT2D eigenvalue weighted by Crippen LogP contribution is 2.21. The van der Waals surface area contributed by atoms with E-state index >= 15 is 0 Å². The lowest BCUT2D eigenvalue weighted by molar-refractivity contribution is -0.115. The van der Waals surface area contributed by atoms with Gasteiger partial charge in [0.2, 0.25) is 5.91 Å². The number of carbonyl (C=O) groups excluding carboxylic acids is 1. The Balaban J connectivity index is 0.000000114. The van der Waals surface area contributed by atoms with Gasteiger partial charge < -0.3 is 5.32 Å². The molecule has 1 aromatic rings. The molecular weight excluding hydrogens is 226 g/mol. The quantitative estimate of drug-likeness (QED) is 0.738. The number of allylic oxidation sites excluding steroid dienone is 2. The van der Waals surface area contributed by atoms with Crippen LogP contribution in [0.15, 0.2) is 57.8 Å². The number of rotatable bonds is 0. The monoisotopic (exact) mass is 237 g/mol. The predicted molar refractivity (Wildman–Crippen MR) is 71.9 cm³/mol. The van der Waals surface area contributed by atoms with Crippen molar-refractivity contribution in [3.05, 3.63) is 53.4 Å². The first-order valence-electron chi connectivity index (χ1n) is 5.70. The molecule has 18 heavy (non-hydrogen) atoms. The zero-order valence-electron chi connectivity index (χ0n) is 9.63. The second-order valence-corrected chi connectivity index (χ2v) is 4.04. The van der Waals surface area contributed by atoms with E-state index in [0.717, 1.165) is 22.6 Å². The molecule has 0 saturated heterocycles. The molecule has 1 amide bonds. The van der Waals surface area contributed by atoms with Crippen LogP contribution in [0.4, 0.5) is 5.69 Å². The van der Waals surface area contributed by atoms with Gasteiger partial charge in [0.05, 0.1) is 17.8 Å². The maximum absolute atomic E-state index is 10.8. The SMILES string of the molecule is C1=NC2=CC=NC2=C1.O=C1Cc2ccccc2N1. The fourth-order valence-electron chi connectivity index (χ4n) is 1.93. The minimum atomic E-state index is 0.0983. The first-order valence-corrected chi connectivity index (χ1v) is 5.70. The second-order valence-electron chi connectivity index (χ2n) is 4.04. The summed E-state index contributed by atoms with van der Waals surface area (Å²) in [4.78, 5) is 18.8. The van der Waals surface area contributed by atoms with Crippen LogP contribution in [0.5, 0.6) is 0 Å². The number of benzene rings is 1. The molecule has 1 aromatic carbocycles. The van der Waals surface area contributed by atoms with Crippen LogP contribution < -0.4 is 5.32 Å². The molecule has 0 atom stereocenters. The Morgan fingerprint density at radius 3 is 2.33 bits per heavy atom. The molecule has 4 heteroatoms. The van der Waals surface area contributed by atoms with Gasteiger partial charge in [-0.15, -0.1) is 0 Å². The number of aliphatic imine (C=N–C) groups is 2. The van der Waals surface area contributed by atoms with Crippen LogP contribution in [-0.4, -0.2) is 18.3 Å². The van der Waals surface area contributed by atoms with Crippen molar-refractivity contribution in [2.24, 2.45) is 9.98 Å². The molecule has 4 nitrogen and oxygen atoms in total. The van der Waals surface area contributed by atoms with Crippen molar-refractivity contribution in [3.8, 4) is 0 Å². The third-order valence-corrected chi connectivity index (χ3v) is 2.80. The van der Waals surface area contributed by atoms with Crippen molar-refractivity contribution >= 4 is 24.0 Å². The Labute approximate surface area is 104 Å². The van der Waals surface area contributed by atoms with Crippen LogP contribution in [0, 0.1) is 0 Å². The van der Waals surface area contributed by atoms with Crippen molar-refractivity contribution in [2.75, 3.05) is 5.32 Å². The van der Waals surface area contributed by atoms with Gasteiger partial charge in [0.1, 0.15) is 0 Å². The van der Waals surface area contributed by atoms with E-state index in [1.54, 1.807) is 12.4 Å². The largest absolute Gasteiger partial charge is 0.326 e. The Kier molecular flexibility index (Phi) is 2.61. The van der Waals surface area contributed by atoms with E-state index in [1.807, 2.05) is 36.4 Å². The molecule has 1 N–H and O–H groups in total. The van der Waals surface area contributed by atoms with Crippen LogP contribution in [0.25, 0.3) is 0 Å². The summed E-state index contributed by atoms with van der Waals surface area (Å²) in [5, 5.41) is 2.76. The van der Waals surface area contributed by atoms with Gasteiger partial charge in [0, 0.05) is 18.1 Å². The number of hydrogen-bond acceptors (Lipinski definition) is 3. The van der Waals surface area contributed by atoms with E-state index in [1.165, 1.54) is 0 Å². The lowest BCUT2D eigenvalue weighted by atomic mass is 10.2. The van der Waals surface area contributed by atoms with Crippen LogP contribution in [0.1, 0.15) is 5.56 Å². The average Bonchev–Trinajstić information content (AvgIpc) is 3.02. The first-order chi connectivity index (χ1) is 8.83. The molecule has 3 aliphatic heterocycles. The number of anilines is 1. The summed E-state index contributed by atoms with van der Waals surface area (Å²) in [6, 6.07) is 7.75. The van der Waals surface area contributed by atoms with Crippen LogP contribution in [0.2, 0.25) is 0 Å². The van der Waals surface area contributed by atoms with Crippen molar-refractivity contribution < 1.29 is 4.79 Å². The van der Waals surface area contributed by atoms with Crippen molar-refractivity contribution in [1.82, 2.24) is 0 Å². The Bertz CT molecular complexity index is 571. The van der Waals surface area contributed by atoms with E-state index in [2.05, 4.69) is 15.3 Å². The molecule has 0 spiro atoms. The molecule has 4 rings (SSSR count). The summed E-state index contributed by atoms with van der Waals surface area (Å²) in [6.45, 7) is 0.